The molecule has 8 nitrogen and oxygen atoms in total. The maximum atomic E-state index is 12.6. The highest BCUT2D eigenvalue weighted by Gasteiger charge is 2.39. The number of benzene rings is 1. The number of hydrogen-bond donors (Lipinski definition) is 1. The molecule has 2 saturated heterocycles. The van der Waals surface area contributed by atoms with Gasteiger partial charge < -0.3 is 14.6 Å². The summed E-state index contributed by atoms with van der Waals surface area (Å²) in [5, 5.41) is 0. The van der Waals surface area contributed by atoms with Crippen molar-refractivity contribution in [2.75, 3.05) is 19.7 Å². The van der Waals surface area contributed by atoms with Gasteiger partial charge in [-0.1, -0.05) is 0 Å². The molecule has 0 bridgehead atoms. The van der Waals surface area contributed by atoms with Gasteiger partial charge in [-0.25, -0.2) is 14.7 Å². The standard InChI is InChI=1S/C16H16N4O4/c21-14-8-24-16(23)20(14)11-3-5-19(6-4-11)15(22)10-1-2-12-13(7-10)18-9-17-12/h1-2,7,9,11H,3-6,8H2,(H,17,18). The molecule has 0 aliphatic carbocycles. The van der Waals surface area contributed by atoms with Crippen LogP contribution < -0.4 is 0 Å². The SMILES string of the molecule is O=C(c1ccc2nc[nH]c2c1)N1CCC(N2C(=O)COC2=O)CC1. The molecule has 3 amide bonds. The average Bonchev–Trinajstić information content (AvgIpc) is 3.20. The van der Waals surface area contributed by atoms with Gasteiger partial charge in [0.05, 0.1) is 17.4 Å². The number of amides is 3. The number of imide groups is 1. The minimum Gasteiger partial charge on any atom is -0.439 e. The first-order valence-electron chi connectivity index (χ1n) is 7.85. The van der Waals surface area contributed by atoms with Gasteiger partial charge in [-0.15, -0.1) is 0 Å². The van der Waals surface area contributed by atoms with Crippen LogP contribution in [0.5, 0.6) is 0 Å². The molecule has 24 heavy (non-hydrogen) atoms. The summed E-state index contributed by atoms with van der Waals surface area (Å²) in [5.74, 6) is -0.352. The minimum atomic E-state index is -0.575. The molecule has 2 aliphatic heterocycles. The number of aromatic amines is 1. The number of carbonyl (C=O) groups excluding carboxylic acids is 3. The Morgan fingerprint density at radius 2 is 2.04 bits per heavy atom. The predicted molar refractivity (Wildman–Crippen MR) is 83.2 cm³/mol. The fourth-order valence-electron chi connectivity index (χ4n) is 3.30. The van der Waals surface area contributed by atoms with Gasteiger partial charge in [-0.05, 0) is 31.0 Å². The van der Waals surface area contributed by atoms with Crippen molar-refractivity contribution in [1.82, 2.24) is 19.8 Å². The summed E-state index contributed by atoms with van der Waals surface area (Å²) in [6, 6.07) is 5.17. The lowest BCUT2D eigenvalue weighted by atomic mass is 10.0. The van der Waals surface area contributed by atoms with Crippen LogP contribution in [0.4, 0.5) is 4.79 Å². The van der Waals surface area contributed by atoms with E-state index in [0.29, 0.717) is 31.5 Å². The summed E-state index contributed by atoms with van der Waals surface area (Å²) < 4.78 is 4.76. The predicted octanol–water partition coefficient (Wildman–Crippen LogP) is 1.15. The fourth-order valence-corrected chi connectivity index (χ4v) is 3.30. The van der Waals surface area contributed by atoms with Crippen LogP contribution in [0.25, 0.3) is 11.0 Å². The fraction of sp³-hybridized carbons (Fsp3) is 0.375. The van der Waals surface area contributed by atoms with Crippen LogP contribution in [0.1, 0.15) is 23.2 Å². The molecule has 1 aromatic carbocycles. The molecule has 2 aromatic rings. The Labute approximate surface area is 137 Å². The number of aromatic nitrogens is 2. The van der Waals surface area contributed by atoms with Gasteiger partial charge in [-0.2, -0.15) is 0 Å². The van der Waals surface area contributed by atoms with Gasteiger partial charge in [-0.3, -0.25) is 9.59 Å². The van der Waals surface area contributed by atoms with Crippen LogP contribution in [0.15, 0.2) is 24.5 Å². The topological polar surface area (TPSA) is 95.6 Å². The Morgan fingerprint density at radius 1 is 1.25 bits per heavy atom. The molecule has 0 atom stereocenters. The van der Waals surface area contributed by atoms with Gasteiger partial charge in [0.25, 0.3) is 11.8 Å². The zero-order valence-corrected chi connectivity index (χ0v) is 12.9. The third-order valence-corrected chi connectivity index (χ3v) is 4.57. The lowest BCUT2D eigenvalue weighted by molar-refractivity contribution is -0.127. The number of piperidine rings is 1. The van der Waals surface area contributed by atoms with E-state index in [0.717, 1.165) is 11.0 Å². The lowest BCUT2D eigenvalue weighted by Gasteiger charge is -2.34. The van der Waals surface area contributed by atoms with Crippen LogP contribution in [-0.4, -0.2) is 63.4 Å². The molecule has 0 unspecified atom stereocenters. The van der Waals surface area contributed by atoms with Crippen molar-refractivity contribution in [1.29, 1.82) is 0 Å². The van der Waals surface area contributed by atoms with Crippen LogP contribution in [-0.2, 0) is 9.53 Å². The van der Waals surface area contributed by atoms with Crippen molar-refractivity contribution in [3.05, 3.63) is 30.1 Å². The third kappa shape index (κ3) is 2.40. The summed E-state index contributed by atoms with van der Waals surface area (Å²) in [6.07, 6.45) is 2.16. The molecule has 8 heteroatoms. The molecular weight excluding hydrogens is 312 g/mol. The molecular formula is C16H16N4O4. The van der Waals surface area contributed by atoms with E-state index in [-0.39, 0.29) is 24.5 Å². The van der Waals surface area contributed by atoms with E-state index >= 15 is 0 Å². The van der Waals surface area contributed by atoms with Crippen molar-refractivity contribution in [2.45, 2.75) is 18.9 Å². The monoisotopic (exact) mass is 328 g/mol. The largest absolute Gasteiger partial charge is 0.439 e. The first-order valence-corrected chi connectivity index (χ1v) is 7.85. The molecule has 3 heterocycles. The zero-order chi connectivity index (χ0) is 16.7. The second kappa shape index (κ2) is 5.63. The Balaban J connectivity index is 1.44. The molecule has 4 rings (SSSR count). The van der Waals surface area contributed by atoms with Crippen LogP contribution in [0.2, 0.25) is 0 Å². The van der Waals surface area contributed by atoms with Crippen molar-refractivity contribution < 1.29 is 19.1 Å². The van der Waals surface area contributed by atoms with Crippen LogP contribution >= 0.6 is 0 Å². The van der Waals surface area contributed by atoms with Crippen LogP contribution in [0.3, 0.4) is 0 Å². The molecule has 1 aromatic heterocycles. The number of ether oxygens (including phenoxy) is 1. The van der Waals surface area contributed by atoms with Crippen molar-refractivity contribution >= 4 is 28.9 Å². The van der Waals surface area contributed by atoms with E-state index in [1.54, 1.807) is 23.4 Å². The highest BCUT2D eigenvalue weighted by Crippen LogP contribution is 2.22. The number of imidazole rings is 1. The molecule has 0 saturated carbocycles. The first-order chi connectivity index (χ1) is 11.6. The van der Waals surface area contributed by atoms with E-state index in [4.69, 9.17) is 4.74 Å². The average molecular weight is 328 g/mol. The summed E-state index contributed by atoms with van der Waals surface area (Å²) in [4.78, 5) is 46.0. The number of hydrogen-bond acceptors (Lipinski definition) is 5. The highest BCUT2D eigenvalue weighted by atomic mass is 16.6. The van der Waals surface area contributed by atoms with Gasteiger partial charge in [0.15, 0.2) is 6.61 Å². The number of carbonyl (C=O) groups is 3. The molecule has 2 fully saturated rings. The number of likely N-dealkylation sites (tertiary alicyclic amines) is 1. The number of cyclic esters (lactones) is 1. The molecule has 0 radical (unpaired) electrons. The summed E-state index contributed by atoms with van der Waals surface area (Å²) in [5.41, 5.74) is 2.24. The van der Waals surface area contributed by atoms with E-state index in [1.165, 1.54) is 4.90 Å². The third-order valence-electron chi connectivity index (χ3n) is 4.57. The normalized spacial score (nSPS) is 19.2. The van der Waals surface area contributed by atoms with Gasteiger partial charge in [0.1, 0.15) is 0 Å². The van der Waals surface area contributed by atoms with Gasteiger partial charge in [0.2, 0.25) is 0 Å². The molecule has 124 valence electrons. The van der Waals surface area contributed by atoms with Crippen molar-refractivity contribution in [3.63, 3.8) is 0 Å². The van der Waals surface area contributed by atoms with Gasteiger partial charge in [0, 0.05) is 24.7 Å². The Morgan fingerprint density at radius 3 is 2.75 bits per heavy atom. The maximum absolute atomic E-state index is 12.6. The van der Waals surface area contributed by atoms with E-state index in [2.05, 4.69) is 9.97 Å². The number of nitrogens with zero attached hydrogens (tertiary/aromatic N) is 3. The number of rotatable bonds is 2. The molecule has 0 spiro atoms. The first kappa shape index (κ1) is 14.7. The number of fused-ring (bicyclic) bond motifs is 1. The second-order valence-corrected chi connectivity index (χ2v) is 5.98. The summed E-state index contributed by atoms with van der Waals surface area (Å²) >= 11 is 0. The quantitative estimate of drug-likeness (QED) is 0.892. The zero-order valence-electron chi connectivity index (χ0n) is 12.9. The number of nitrogens with one attached hydrogen (secondary N) is 1. The maximum Gasteiger partial charge on any atom is 0.417 e. The van der Waals surface area contributed by atoms with E-state index in [9.17, 15) is 14.4 Å². The van der Waals surface area contributed by atoms with E-state index < -0.39 is 6.09 Å². The Kier molecular flexibility index (Phi) is 3.44. The van der Waals surface area contributed by atoms with E-state index in [1.807, 2.05) is 6.07 Å². The Hall–Kier alpha value is -2.90. The Bertz CT molecular complexity index is 806. The minimum absolute atomic E-state index is 0.0553. The summed E-state index contributed by atoms with van der Waals surface area (Å²) in [7, 11) is 0. The van der Waals surface area contributed by atoms with Gasteiger partial charge >= 0.3 is 6.09 Å². The molecule has 1 N–H and O–H groups in total. The lowest BCUT2D eigenvalue weighted by Crippen LogP contribution is -2.48. The van der Waals surface area contributed by atoms with Crippen molar-refractivity contribution in [2.24, 2.45) is 0 Å². The molecule has 2 aliphatic rings. The van der Waals surface area contributed by atoms with Crippen LogP contribution in [0, 0.1) is 0 Å². The summed E-state index contributed by atoms with van der Waals surface area (Å²) in [6.45, 7) is 0.825. The number of H-pyrrole nitrogens is 1. The second-order valence-electron chi connectivity index (χ2n) is 5.98. The smallest absolute Gasteiger partial charge is 0.417 e. The highest BCUT2D eigenvalue weighted by molar-refractivity contribution is 5.99. The van der Waals surface area contributed by atoms with Crippen molar-refractivity contribution in [3.8, 4) is 0 Å².